The van der Waals surface area contributed by atoms with Gasteiger partial charge in [0.05, 0.1) is 12.6 Å². The van der Waals surface area contributed by atoms with Crippen molar-refractivity contribution in [3.05, 3.63) is 35.6 Å². The molecule has 0 unspecified atom stereocenters. The number of hydrogen-bond acceptors (Lipinski definition) is 3. The van der Waals surface area contributed by atoms with Gasteiger partial charge in [0.2, 0.25) is 0 Å². The number of nitrogens with zero attached hydrogens (tertiary/aromatic N) is 1. The van der Waals surface area contributed by atoms with Crippen molar-refractivity contribution in [3.8, 4) is 0 Å². The number of amides is 2. The van der Waals surface area contributed by atoms with Gasteiger partial charge in [-0.05, 0) is 11.6 Å². The van der Waals surface area contributed by atoms with Crippen LogP contribution in [0, 0.1) is 5.82 Å². The molecule has 6 heteroatoms. The van der Waals surface area contributed by atoms with E-state index in [2.05, 4.69) is 10.2 Å². The maximum atomic E-state index is 13.9. The molecule has 1 aromatic carbocycles. The van der Waals surface area contributed by atoms with Crippen molar-refractivity contribution < 1.29 is 13.9 Å². The molecule has 1 aromatic rings. The number of rotatable bonds is 5. The maximum Gasteiger partial charge on any atom is 0.312 e. The average Bonchev–Trinajstić information content (AvgIpc) is 2.79. The lowest BCUT2D eigenvalue weighted by Crippen LogP contribution is -2.43. The number of nitrogens with two attached hydrogens (primary N) is 1. The van der Waals surface area contributed by atoms with Crippen molar-refractivity contribution in [1.29, 1.82) is 0 Å². The number of carbonyl (C=O) groups is 1. The second-order valence-electron chi connectivity index (χ2n) is 5.00. The van der Waals surface area contributed by atoms with E-state index in [0.29, 0.717) is 25.3 Å². The molecular weight excluding hydrogens is 261 g/mol. The average molecular weight is 281 g/mol. The van der Waals surface area contributed by atoms with E-state index in [-0.39, 0.29) is 17.8 Å². The third-order valence-electron chi connectivity index (χ3n) is 3.64. The molecule has 0 spiro atoms. The number of primary amides is 1. The Hall–Kier alpha value is -1.66. The maximum absolute atomic E-state index is 13.9. The molecule has 2 atom stereocenters. The molecule has 1 aliphatic rings. The minimum absolute atomic E-state index is 0.0967. The minimum atomic E-state index is -0.579. The number of methoxy groups -OCH3 is 1. The molecule has 1 saturated heterocycles. The van der Waals surface area contributed by atoms with Gasteiger partial charge in [0.1, 0.15) is 5.82 Å². The number of ether oxygens (including phenoxy) is 1. The molecule has 2 amide bonds. The lowest BCUT2D eigenvalue weighted by atomic mass is 9.94. The highest BCUT2D eigenvalue weighted by Crippen LogP contribution is 2.29. The molecule has 0 aromatic heterocycles. The molecule has 110 valence electrons. The second kappa shape index (κ2) is 6.67. The summed E-state index contributed by atoms with van der Waals surface area (Å²) in [7, 11) is 1.64. The topological polar surface area (TPSA) is 67.6 Å². The van der Waals surface area contributed by atoms with E-state index in [1.165, 1.54) is 6.07 Å². The van der Waals surface area contributed by atoms with Gasteiger partial charge >= 0.3 is 6.03 Å². The lowest BCUT2D eigenvalue weighted by Gasteiger charge is -2.19. The fourth-order valence-corrected chi connectivity index (χ4v) is 2.71. The van der Waals surface area contributed by atoms with E-state index in [4.69, 9.17) is 10.5 Å². The smallest absolute Gasteiger partial charge is 0.312 e. The van der Waals surface area contributed by atoms with E-state index < -0.39 is 6.03 Å². The molecule has 2 rings (SSSR count). The van der Waals surface area contributed by atoms with Crippen LogP contribution in [-0.2, 0) is 4.74 Å². The van der Waals surface area contributed by atoms with Crippen LogP contribution in [0.4, 0.5) is 9.18 Å². The molecule has 20 heavy (non-hydrogen) atoms. The third kappa shape index (κ3) is 3.46. The summed E-state index contributed by atoms with van der Waals surface area (Å²) >= 11 is 0. The fourth-order valence-electron chi connectivity index (χ4n) is 2.71. The van der Waals surface area contributed by atoms with E-state index >= 15 is 0 Å². The van der Waals surface area contributed by atoms with Gasteiger partial charge in [-0.3, -0.25) is 4.90 Å². The predicted molar refractivity (Wildman–Crippen MR) is 74.0 cm³/mol. The predicted octanol–water partition coefficient (Wildman–Crippen LogP) is 0.908. The normalized spacial score (nSPS) is 22.9. The highest BCUT2D eigenvalue weighted by Gasteiger charge is 2.35. The molecular formula is C14H20FN3O2. The number of hydrogen-bond donors (Lipinski definition) is 2. The van der Waals surface area contributed by atoms with Crippen LogP contribution in [-0.4, -0.2) is 50.3 Å². The van der Waals surface area contributed by atoms with Gasteiger partial charge in [0.25, 0.3) is 0 Å². The summed E-state index contributed by atoms with van der Waals surface area (Å²) < 4.78 is 19.0. The number of nitrogens with one attached hydrogen (secondary N) is 1. The molecule has 1 fully saturated rings. The van der Waals surface area contributed by atoms with Crippen molar-refractivity contribution in [2.75, 3.05) is 33.4 Å². The Labute approximate surface area is 117 Å². The number of likely N-dealkylation sites (tertiary alicyclic amines) is 1. The first kappa shape index (κ1) is 14.7. The van der Waals surface area contributed by atoms with Gasteiger partial charge in [0, 0.05) is 32.7 Å². The van der Waals surface area contributed by atoms with Crippen LogP contribution in [0.5, 0.6) is 0 Å². The number of benzene rings is 1. The van der Waals surface area contributed by atoms with E-state index in [1.54, 1.807) is 25.3 Å². The van der Waals surface area contributed by atoms with Crippen LogP contribution >= 0.6 is 0 Å². The van der Waals surface area contributed by atoms with Gasteiger partial charge < -0.3 is 15.8 Å². The molecule has 0 radical (unpaired) electrons. The van der Waals surface area contributed by atoms with Gasteiger partial charge in [-0.1, -0.05) is 18.2 Å². The minimum Gasteiger partial charge on any atom is -0.383 e. The third-order valence-corrected chi connectivity index (χ3v) is 3.64. The summed E-state index contributed by atoms with van der Waals surface area (Å²) in [6.45, 7) is 2.67. The van der Waals surface area contributed by atoms with Crippen LogP contribution in [0.1, 0.15) is 11.5 Å². The number of halogens is 1. The Kier molecular flexibility index (Phi) is 4.92. The standard InChI is InChI=1S/C14H20FN3O2/c1-20-7-6-18-8-11(13(9-18)17-14(16)19)10-4-2-3-5-12(10)15/h2-5,11,13H,6-9H2,1H3,(H3,16,17,19)/t11-,13+/m0/s1. The first-order valence-electron chi connectivity index (χ1n) is 6.63. The fraction of sp³-hybridized carbons (Fsp3) is 0.500. The SMILES string of the molecule is COCCN1C[C@@H](NC(N)=O)[C@H](c2ccccc2F)C1. The van der Waals surface area contributed by atoms with Crippen LogP contribution < -0.4 is 11.1 Å². The summed E-state index contributed by atoms with van der Waals surface area (Å²) in [5.41, 5.74) is 5.83. The van der Waals surface area contributed by atoms with Crippen molar-refractivity contribution in [3.63, 3.8) is 0 Å². The Bertz CT molecular complexity index is 469. The first-order valence-corrected chi connectivity index (χ1v) is 6.63. The van der Waals surface area contributed by atoms with Gasteiger partial charge in [0.15, 0.2) is 0 Å². The van der Waals surface area contributed by atoms with E-state index in [1.807, 2.05) is 0 Å². The van der Waals surface area contributed by atoms with Crippen molar-refractivity contribution >= 4 is 6.03 Å². The van der Waals surface area contributed by atoms with E-state index in [0.717, 1.165) is 6.54 Å². The molecule has 1 heterocycles. The Balaban J connectivity index is 2.15. The largest absolute Gasteiger partial charge is 0.383 e. The van der Waals surface area contributed by atoms with Gasteiger partial charge in [-0.2, -0.15) is 0 Å². The number of carbonyl (C=O) groups excluding carboxylic acids is 1. The van der Waals surface area contributed by atoms with Crippen LogP contribution in [0.3, 0.4) is 0 Å². The summed E-state index contributed by atoms with van der Waals surface area (Å²) in [4.78, 5) is 13.3. The zero-order chi connectivity index (χ0) is 14.5. The Morgan fingerprint density at radius 3 is 2.90 bits per heavy atom. The van der Waals surface area contributed by atoms with Gasteiger partial charge in [-0.25, -0.2) is 9.18 Å². The van der Waals surface area contributed by atoms with Crippen LogP contribution in [0.25, 0.3) is 0 Å². The number of urea groups is 1. The van der Waals surface area contributed by atoms with Gasteiger partial charge in [-0.15, -0.1) is 0 Å². The van der Waals surface area contributed by atoms with E-state index in [9.17, 15) is 9.18 Å². The van der Waals surface area contributed by atoms with Crippen molar-refractivity contribution in [1.82, 2.24) is 10.2 Å². The van der Waals surface area contributed by atoms with Crippen molar-refractivity contribution in [2.24, 2.45) is 5.73 Å². The summed E-state index contributed by atoms with van der Waals surface area (Å²) in [6, 6.07) is 5.90. The molecule has 0 saturated carbocycles. The Morgan fingerprint density at radius 2 is 2.25 bits per heavy atom. The van der Waals surface area contributed by atoms with Crippen LogP contribution in [0.2, 0.25) is 0 Å². The lowest BCUT2D eigenvalue weighted by molar-refractivity contribution is 0.159. The quantitative estimate of drug-likeness (QED) is 0.843. The molecule has 0 aliphatic carbocycles. The summed E-state index contributed by atoms with van der Waals surface area (Å²) in [6.07, 6.45) is 0. The first-order chi connectivity index (χ1) is 9.61. The van der Waals surface area contributed by atoms with Crippen molar-refractivity contribution in [2.45, 2.75) is 12.0 Å². The molecule has 0 bridgehead atoms. The van der Waals surface area contributed by atoms with Crippen LogP contribution in [0.15, 0.2) is 24.3 Å². The summed E-state index contributed by atoms with van der Waals surface area (Å²) in [5.74, 6) is -0.345. The summed E-state index contributed by atoms with van der Waals surface area (Å²) in [5, 5.41) is 2.71. The molecule has 3 N–H and O–H groups in total. The second-order valence-corrected chi connectivity index (χ2v) is 5.00. The zero-order valence-corrected chi connectivity index (χ0v) is 11.5. The molecule has 1 aliphatic heterocycles. The highest BCUT2D eigenvalue weighted by molar-refractivity contribution is 5.72. The molecule has 5 nitrogen and oxygen atoms in total. The zero-order valence-electron chi connectivity index (χ0n) is 11.5. The monoisotopic (exact) mass is 281 g/mol. The highest BCUT2D eigenvalue weighted by atomic mass is 19.1. The Morgan fingerprint density at radius 1 is 1.50 bits per heavy atom.